The number of carboxylic acid groups (broad SMARTS) is 1. The van der Waals surface area contributed by atoms with Crippen LogP contribution in [0.4, 0.5) is 4.39 Å². The molecule has 2 N–H and O–H groups in total. The van der Waals surface area contributed by atoms with Crippen LogP contribution >= 0.6 is 0 Å². The van der Waals surface area contributed by atoms with Gasteiger partial charge in [0, 0.05) is 12.1 Å². The van der Waals surface area contributed by atoms with E-state index in [9.17, 15) is 19.1 Å². The molecule has 1 saturated carbocycles. The Labute approximate surface area is 152 Å². The van der Waals surface area contributed by atoms with Gasteiger partial charge < -0.3 is 10.4 Å². The summed E-state index contributed by atoms with van der Waals surface area (Å²) in [5, 5.41) is 12.3. The molecule has 1 amide bonds. The highest BCUT2D eigenvalue weighted by atomic mass is 19.1. The van der Waals surface area contributed by atoms with Gasteiger partial charge in [0.15, 0.2) is 0 Å². The Bertz CT molecular complexity index is 785. The smallest absolute Gasteiger partial charge is 0.312 e. The topological polar surface area (TPSA) is 66.4 Å². The van der Waals surface area contributed by atoms with E-state index in [1.54, 1.807) is 42.5 Å². The summed E-state index contributed by atoms with van der Waals surface area (Å²) in [7, 11) is 0. The fourth-order valence-corrected chi connectivity index (χ4v) is 3.84. The summed E-state index contributed by atoms with van der Waals surface area (Å²) in [6, 6.07) is 15.2. The highest BCUT2D eigenvalue weighted by Crippen LogP contribution is 2.42. The monoisotopic (exact) mass is 355 g/mol. The maximum atomic E-state index is 14.4. The van der Waals surface area contributed by atoms with Crippen LogP contribution in [0.2, 0.25) is 0 Å². The lowest BCUT2D eigenvalue weighted by Gasteiger charge is -2.29. The second kappa shape index (κ2) is 7.68. The van der Waals surface area contributed by atoms with E-state index in [0.29, 0.717) is 24.0 Å². The molecule has 0 aromatic heterocycles. The molecule has 0 saturated heterocycles. The van der Waals surface area contributed by atoms with Crippen LogP contribution in [-0.2, 0) is 15.0 Å². The van der Waals surface area contributed by atoms with Crippen molar-refractivity contribution in [3.05, 3.63) is 71.5 Å². The van der Waals surface area contributed by atoms with Crippen LogP contribution in [0.5, 0.6) is 0 Å². The Morgan fingerprint density at radius 2 is 1.65 bits per heavy atom. The van der Waals surface area contributed by atoms with Crippen molar-refractivity contribution in [2.24, 2.45) is 0 Å². The fraction of sp³-hybridized carbons (Fsp3) is 0.333. The van der Waals surface area contributed by atoms with E-state index in [2.05, 4.69) is 5.32 Å². The fourth-order valence-electron chi connectivity index (χ4n) is 3.84. The van der Waals surface area contributed by atoms with E-state index in [4.69, 9.17) is 0 Å². The Balaban J connectivity index is 1.81. The minimum absolute atomic E-state index is 0.0195. The maximum absolute atomic E-state index is 14.4. The Hall–Kier alpha value is -2.69. The van der Waals surface area contributed by atoms with Crippen molar-refractivity contribution in [3.63, 3.8) is 0 Å². The van der Waals surface area contributed by atoms with Gasteiger partial charge in [-0.1, -0.05) is 61.4 Å². The van der Waals surface area contributed by atoms with Crippen LogP contribution in [-0.4, -0.2) is 23.5 Å². The minimum atomic E-state index is -0.997. The molecule has 0 heterocycles. The molecule has 0 aliphatic heterocycles. The zero-order valence-corrected chi connectivity index (χ0v) is 14.5. The van der Waals surface area contributed by atoms with Crippen LogP contribution in [0.15, 0.2) is 54.6 Å². The number of nitrogens with one attached hydrogen (secondary N) is 1. The van der Waals surface area contributed by atoms with E-state index in [1.807, 2.05) is 6.07 Å². The van der Waals surface area contributed by atoms with Gasteiger partial charge in [0.05, 0.1) is 11.3 Å². The van der Waals surface area contributed by atoms with E-state index < -0.39 is 17.3 Å². The molecule has 0 radical (unpaired) electrons. The first-order valence-electron chi connectivity index (χ1n) is 8.86. The summed E-state index contributed by atoms with van der Waals surface area (Å²) in [5.74, 6) is -2.51. The first-order chi connectivity index (χ1) is 12.5. The Morgan fingerprint density at radius 3 is 2.27 bits per heavy atom. The van der Waals surface area contributed by atoms with Crippen LogP contribution in [0, 0.1) is 5.82 Å². The van der Waals surface area contributed by atoms with E-state index in [-0.39, 0.29) is 18.3 Å². The number of aliphatic carboxylic acids is 1. The molecule has 136 valence electrons. The summed E-state index contributed by atoms with van der Waals surface area (Å²) >= 11 is 0. The van der Waals surface area contributed by atoms with Crippen molar-refractivity contribution in [1.29, 1.82) is 0 Å². The quantitative estimate of drug-likeness (QED) is 0.832. The molecular weight excluding hydrogens is 333 g/mol. The van der Waals surface area contributed by atoms with Crippen LogP contribution in [0.3, 0.4) is 0 Å². The Kier molecular flexibility index (Phi) is 5.35. The van der Waals surface area contributed by atoms with Crippen molar-refractivity contribution in [1.82, 2.24) is 5.32 Å². The average molecular weight is 355 g/mol. The normalized spacial score (nSPS) is 16.8. The van der Waals surface area contributed by atoms with Crippen molar-refractivity contribution >= 4 is 11.9 Å². The molecule has 4 nitrogen and oxygen atoms in total. The number of halogens is 1. The summed E-state index contributed by atoms with van der Waals surface area (Å²) in [6.45, 7) is -0.0195. The van der Waals surface area contributed by atoms with E-state index in [1.165, 1.54) is 6.07 Å². The number of rotatable bonds is 6. The molecule has 2 aromatic rings. The van der Waals surface area contributed by atoms with Gasteiger partial charge in [0.25, 0.3) is 0 Å². The first-order valence-corrected chi connectivity index (χ1v) is 8.86. The third-order valence-corrected chi connectivity index (χ3v) is 5.25. The summed E-state index contributed by atoms with van der Waals surface area (Å²) in [6.07, 6.45) is 2.84. The second-order valence-electron chi connectivity index (χ2n) is 6.78. The average Bonchev–Trinajstić information content (AvgIpc) is 3.13. The molecule has 2 aromatic carbocycles. The molecular formula is C21H22FNO3. The van der Waals surface area contributed by atoms with Crippen LogP contribution in [0.25, 0.3) is 0 Å². The lowest BCUT2D eigenvalue weighted by Crippen LogP contribution is -2.45. The Morgan fingerprint density at radius 1 is 1.04 bits per heavy atom. The van der Waals surface area contributed by atoms with Gasteiger partial charge in [-0.2, -0.15) is 0 Å². The van der Waals surface area contributed by atoms with Crippen LogP contribution in [0.1, 0.15) is 42.7 Å². The van der Waals surface area contributed by atoms with Gasteiger partial charge in [-0.3, -0.25) is 9.59 Å². The van der Waals surface area contributed by atoms with Gasteiger partial charge >= 0.3 is 5.97 Å². The number of hydrogen-bond donors (Lipinski definition) is 2. The zero-order valence-electron chi connectivity index (χ0n) is 14.5. The minimum Gasteiger partial charge on any atom is -0.481 e. The number of carbonyl (C=O) groups is 2. The summed E-state index contributed by atoms with van der Waals surface area (Å²) in [4.78, 5) is 24.6. The third kappa shape index (κ3) is 3.47. The van der Waals surface area contributed by atoms with Crippen molar-refractivity contribution < 1.29 is 19.1 Å². The molecule has 26 heavy (non-hydrogen) atoms. The second-order valence-corrected chi connectivity index (χ2v) is 6.78. The van der Waals surface area contributed by atoms with Gasteiger partial charge in [0.2, 0.25) is 5.91 Å². The highest BCUT2D eigenvalue weighted by Gasteiger charge is 2.44. The molecule has 5 heteroatoms. The van der Waals surface area contributed by atoms with Gasteiger partial charge in [-0.25, -0.2) is 4.39 Å². The van der Waals surface area contributed by atoms with Crippen LogP contribution < -0.4 is 5.32 Å². The number of hydrogen-bond acceptors (Lipinski definition) is 2. The largest absolute Gasteiger partial charge is 0.481 e. The SMILES string of the molecule is O=C(O)C(CNC(=O)C1(c2ccccc2F)CCCC1)c1ccccc1. The standard InChI is InChI=1S/C21H22FNO3/c22-18-11-5-4-10-17(18)21(12-6-7-13-21)20(26)23-14-16(19(24)25)15-8-2-1-3-9-15/h1-5,8-11,16H,6-7,12-14H2,(H,23,26)(H,24,25). The zero-order chi connectivity index (χ0) is 18.6. The molecule has 1 fully saturated rings. The lowest BCUT2D eigenvalue weighted by atomic mass is 9.77. The third-order valence-electron chi connectivity index (χ3n) is 5.25. The highest BCUT2D eigenvalue weighted by molar-refractivity contribution is 5.89. The van der Waals surface area contributed by atoms with Gasteiger partial charge in [0.1, 0.15) is 5.82 Å². The van der Waals surface area contributed by atoms with E-state index >= 15 is 0 Å². The molecule has 1 atom stereocenters. The molecule has 0 spiro atoms. The molecule has 0 bridgehead atoms. The lowest BCUT2D eigenvalue weighted by molar-refractivity contribution is -0.138. The van der Waals surface area contributed by atoms with Crippen molar-refractivity contribution in [2.45, 2.75) is 37.0 Å². The van der Waals surface area contributed by atoms with Gasteiger partial charge in [-0.05, 0) is 24.5 Å². The predicted octanol–water partition coefficient (Wildman–Crippen LogP) is 3.62. The predicted molar refractivity (Wildman–Crippen MR) is 96.4 cm³/mol. The number of carboxylic acids is 1. The van der Waals surface area contributed by atoms with Gasteiger partial charge in [-0.15, -0.1) is 0 Å². The first kappa shape index (κ1) is 18.1. The summed E-state index contributed by atoms with van der Waals surface area (Å²) < 4.78 is 14.4. The molecule has 1 unspecified atom stereocenters. The maximum Gasteiger partial charge on any atom is 0.312 e. The van der Waals surface area contributed by atoms with Crippen molar-refractivity contribution in [2.75, 3.05) is 6.54 Å². The number of carbonyl (C=O) groups excluding carboxylic acids is 1. The van der Waals surface area contributed by atoms with E-state index in [0.717, 1.165) is 12.8 Å². The molecule has 1 aliphatic carbocycles. The number of benzene rings is 2. The molecule has 3 rings (SSSR count). The van der Waals surface area contributed by atoms with Crippen molar-refractivity contribution in [3.8, 4) is 0 Å². The summed E-state index contributed by atoms with van der Waals surface area (Å²) in [5.41, 5.74) is 0.124. The number of amides is 1. The molecule has 1 aliphatic rings.